The Morgan fingerprint density at radius 2 is 1.78 bits per heavy atom. The van der Waals surface area contributed by atoms with Crippen LogP contribution in [-0.2, 0) is 11.2 Å². The molecule has 7 heteroatoms. The summed E-state index contributed by atoms with van der Waals surface area (Å²) in [6.07, 6.45) is 0.590. The molecule has 0 unspecified atom stereocenters. The Morgan fingerprint density at radius 3 is 2.47 bits per heavy atom. The number of nitrogens with one attached hydrogen (secondary N) is 2. The zero-order chi connectivity index (χ0) is 23.1. The van der Waals surface area contributed by atoms with Crippen molar-refractivity contribution in [3.05, 3.63) is 81.3 Å². The average molecular weight is 431 g/mol. The number of aromatic nitrogens is 1. The molecule has 0 atom stereocenters. The van der Waals surface area contributed by atoms with Crippen molar-refractivity contribution in [2.75, 3.05) is 11.9 Å². The van der Waals surface area contributed by atoms with E-state index >= 15 is 0 Å². The third kappa shape index (κ3) is 5.35. The summed E-state index contributed by atoms with van der Waals surface area (Å²) in [5, 5.41) is 12.1. The molecule has 1 aromatic heterocycles. The number of nitriles is 1. The number of carbonyl (C=O) groups excluding carboxylic acids is 1. The first-order valence-corrected chi connectivity index (χ1v) is 10.3. The highest BCUT2D eigenvalue weighted by molar-refractivity contribution is 5.92. The van der Waals surface area contributed by atoms with Crippen LogP contribution in [0.3, 0.4) is 0 Å². The summed E-state index contributed by atoms with van der Waals surface area (Å²) in [4.78, 5) is 27.2. The number of hydrogen-bond donors (Lipinski definition) is 2. The van der Waals surface area contributed by atoms with Crippen LogP contribution in [0.1, 0.15) is 35.7 Å². The normalized spacial score (nSPS) is 10.3. The number of benzene rings is 2. The molecule has 0 saturated carbocycles. The number of aryl methyl sites for hydroxylation is 1. The largest absolute Gasteiger partial charge is 0.494 e. The standard InChI is InChI=1S/C25H25N3O4/c1-4-31-18-9-11-19(12-10-18)32-23-8-6-5-7-22(23)28-24(29)14-13-20-16(2)21(15-26)25(30)27-17(20)3/h5-12H,4,13-14H2,1-3H3,(H,27,30)(H,28,29). The van der Waals surface area contributed by atoms with Gasteiger partial charge in [0.15, 0.2) is 5.75 Å². The minimum Gasteiger partial charge on any atom is -0.494 e. The summed E-state index contributed by atoms with van der Waals surface area (Å²) in [5.74, 6) is 1.71. The van der Waals surface area contributed by atoms with Gasteiger partial charge in [-0.15, -0.1) is 0 Å². The first-order valence-electron chi connectivity index (χ1n) is 10.3. The summed E-state index contributed by atoms with van der Waals surface area (Å²) in [6.45, 7) is 6.01. The van der Waals surface area contributed by atoms with Gasteiger partial charge in [0, 0.05) is 12.1 Å². The van der Waals surface area contributed by atoms with Crippen molar-refractivity contribution in [2.24, 2.45) is 0 Å². The number of amides is 1. The van der Waals surface area contributed by atoms with Gasteiger partial charge < -0.3 is 19.8 Å². The Labute approximate surface area is 186 Å². The van der Waals surface area contributed by atoms with Gasteiger partial charge in [-0.2, -0.15) is 5.26 Å². The van der Waals surface area contributed by atoms with Crippen molar-refractivity contribution in [1.82, 2.24) is 4.98 Å². The quantitative estimate of drug-likeness (QED) is 0.541. The van der Waals surface area contributed by atoms with Gasteiger partial charge in [-0.25, -0.2) is 0 Å². The van der Waals surface area contributed by atoms with Gasteiger partial charge in [0.25, 0.3) is 5.56 Å². The fourth-order valence-electron chi connectivity index (χ4n) is 3.43. The molecule has 2 N–H and O–H groups in total. The van der Waals surface area contributed by atoms with Crippen molar-refractivity contribution in [2.45, 2.75) is 33.6 Å². The zero-order valence-corrected chi connectivity index (χ0v) is 18.3. The van der Waals surface area contributed by atoms with Crippen LogP contribution in [-0.4, -0.2) is 17.5 Å². The second-order valence-electron chi connectivity index (χ2n) is 7.22. The second kappa shape index (κ2) is 10.3. The molecule has 1 amide bonds. The van der Waals surface area contributed by atoms with Crippen molar-refractivity contribution >= 4 is 11.6 Å². The topological polar surface area (TPSA) is 104 Å². The summed E-state index contributed by atoms with van der Waals surface area (Å²) in [5.41, 5.74) is 2.31. The summed E-state index contributed by atoms with van der Waals surface area (Å²) in [6, 6.07) is 16.4. The van der Waals surface area contributed by atoms with Gasteiger partial charge in [0.1, 0.15) is 23.1 Å². The molecular weight excluding hydrogens is 406 g/mol. The van der Waals surface area contributed by atoms with E-state index in [4.69, 9.17) is 9.47 Å². The predicted octanol–water partition coefficient (Wildman–Crippen LogP) is 4.63. The first-order chi connectivity index (χ1) is 15.4. The van der Waals surface area contributed by atoms with Gasteiger partial charge in [-0.3, -0.25) is 9.59 Å². The molecule has 0 fully saturated rings. The number of nitrogens with zero attached hydrogens (tertiary/aromatic N) is 1. The lowest BCUT2D eigenvalue weighted by Gasteiger charge is -2.14. The van der Waals surface area contributed by atoms with E-state index in [0.29, 0.717) is 41.5 Å². The third-order valence-electron chi connectivity index (χ3n) is 5.05. The molecule has 0 radical (unpaired) electrons. The van der Waals surface area contributed by atoms with Crippen LogP contribution in [0.5, 0.6) is 17.2 Å². The van der Waals surface area contributed by atoms with E-state index in [1.807, 2.05) is 37.3 Å². The number of rotatable bonds is 8. The van der Waals surface area contributed by atoms with Crippen LogP contribution in [0.25, 0.3) is 0 Å². The van der Waals surface area contributed by atoms with Gasteiger partial charge in [0.05, 0.1) is 12.3 Å². The number of anilines is 1. The molecule has 164 valence electrons. The van der Waals surface area contributed by atoms with Crippen LogP contribution in [0, 0.1) is 25.2 Å². The van der Waals surface area contributed by atoms with E-state index in [-0.39, 0.29) is 17.9 Å². The lowest BCUT2D eigenvalue weighted by atomic mass is 9.99. The smallest absolute Gasteiger partial charge is 0.266 e. The molecule has 0 spiro atoms. The number of ether oxygens (including phenoxy) is 2. The number of para-hydroxylation sites is 2. The van der Waals surface area contributed by atoms with E-state index in [1.54, 1.807) is 38.1 Å². The fraction of sp³-hybridized carbons (Fsp3) is 0.240. The molecule has 0 saturated heterocycles. The highest BCUT2D eigenvalue weighted by Gasteiger charge is 2.14. The number of carbonyl (C=O) groups is 1. The number of aromatic amines is 1. The van der Waals surface area contributed by atoms with E-state index in [2.05, 4.69) is 10.3 Å². The molecule has 3 rings (SSSR count). The number of hydrogen-bond acceptors (Lipinski definition) is 5. The van der Waals surface area contributed by atoms with Crippen LogP contribution >= 0.6 is 0 Å². The van der Waals surface area contributed by atoms with E-state index in [9.17, 15) is 14.9 Å². The Morgan fingerprint density at radius 1 is 1.09 bits per heavy atom. The van der Waals surface area contributed by atoms with Crippen LogP contribution in [0.15, 0.2) is 53.3 Å². The molecule has 0 aliphatic heterocycles. The van der Waals surface area contributed by atoms with E-state index < -0.39 is 5.56 Å². The Kier molecular flexibility index (Phi) is 7.29. The fourth-order valence-corrected chi connectivity index (χ4v) is 3.43. The summed E-state index contributed by atoms with van der Waals surface area (Å²) in [7, 11) is 0. The minimum atomic E-state index is -0.406. The maximum Gasteiger partial charge on any atom is 0.266 e. The van der Waals surface area contributed by atoms with Crippen molar-refractivity contribution < 1.29 is 14.3 Å². The molecule has 7 nitrogen and oxygen atoms in total. The Bertz CT molecular complexity index is 1210. The van der Waals surface area contributed by atoms with Gasteiger partial charge in [0.2, 0.25) is 5.91 Å². The SMILES string of the molecule is CCOc1ccc(Oc2ccccc2NC(=O)CCc2c(C)[nH]c(=O)c(C#N)c2C)cc1. The van der Waals surface area contributed by atoms with Gasteiger partial charge in [-0.1, -0.05) is 12.1 Å². The molecule has 1 heterocycles. The maximum absolute atomic E-state index is 12.6. The molecule has 0 aliphatic carbocycles. The predicted molar refractivity (Wildman–Crippen MR) is 122 cm³/mol. The Hall–Kier alpha value is -4.05. The number of H-pyrrole nitrogens is 1. The maximum atomic E-state index is 12.6. The van der Waals surface area contributed by atoms with E-state index in [0.717, 1.165) is 11.3 Å². The zero-order valence-electron chi connectivity index (χ0n) is 18.3. The van der Waals surface area contributed by atoms with Crippen LogP contribution in [0.2, 0.25) is 0 Å². The minimum absolute atomic E-state index is 0.0834. The lowest BCUT2D eigenvalue weighted by molar-refractivity contribution is -0.116. The molecule has 0 bridgehead atoms. The molecule has 0 aliphatic rings. The van der Waals surface area contributed by atoms with Gasteiger partial charge in [-0.05, 0) is 74.7 Å². The first kappa shape index (κ1) is 22.6. The van der Waals surface area contributed by atoms with Gasteiger partial charge >= 0.3 is 0 Å². The Balaban J connectivity index is 1.69. The lowest BCUT2D eigenvalue weighted by Crippen LogP contribution is -2.18. The third-order valence-corrected chi connectivity index (χ3v) is 5.05. The molecule has 3 aromatic rings. The number of pyridine rings is 1. The van der Waals surface area contributed by atoms with E-state index in [1.165, 1.54) is 0 Å². The monoisotopic (exact) mass is 431 g/mol. The molecule has 32 heavy (non-hydrogen) atoms. The van der Waals surface area contributed by atoms with Crippen molar-refractivity contribution in [3.8, 4) is 23.3 Å². The van der Waals surface area contributed by atoms with Crippen molar-refractivity contribution in [1.29, 1.82) is 5.26 Å². The van der Waals surface area contributed by atoms with Crippen LogP contribution < -0.4 is 20.3 Å². The van der Waals surface area contributed by atoms with Crippen LogP contribution in [0.4, 0.5) is 5.69 Å². The molecular formula is C25H25N3O4. The highest BCUT2D eigenvalue weighted by Crippen LogP contribution is 2.30. The summed E-state index contributed by atoms with van der Waals surface area (Å²) >= 11 is 0. The molecule has 2 aromatic carbocycles. The average Bonchev–Trinajstić information content (AvgIpc) is 2.76. The summed E-state index contributed by atoms with van der Waals surface area (Å²) < 4.78 is 11.4. The van der Waals surface area contributed by atoms with Crippen molar-refractivity contribution in [3.63, 3.8) is 0 Å². The highest BCUT2D eigenvalue weighted by atomic mass is 16.5. The second-order valence-corrected chi connectivity index (χ2v) is 7.22.